The minimum atomic E-state index is -3.59. The summed E-state index contributed by atoms with van der Waals surface area (Å²) in [5.41, 5.74) is 1.21. The van der Waals surface area contributed by atoms with E-state index in [2.05, 4.69) is 10.6 Å². The molecule has 1 unspecified atom stereocenters. The fourth-order valence-electron chi connectivity index (χ4n) is 3.43. The molecular formula is C21H24ClN3O4S. The van der Waals surface area contributed by atoms with Crippen LogP contribution in [0.4, 0.5) is 11.4 Å². The van der Waals surface area contributed by atoms with Gasteiger partial charge in [-0.3, -0.25) is 9.59 Å². The zero-order valence-electron chi connectivity index (χ0n) is 16.8. The van der Waals surface area contributed by atoms with Crippen LogP contribution in [0.1, 0.15) is 43.5 Å². The normalized spacial score (nSPS) is 17.4. The molecule has 1 aliphatic heterocycles. The number of piperidine rings is 1. The molecule has 2 aromatic carbocycles. The van der Waals surface area contributed by atoms with Gasteiger partial charge in [-0.05, 0) is 62.2 Å². The topological polar surface area (TPSA) is 95.6 Å². The third-order valence-electron chi connectivity index (χ3n) is 5.00. The summed E-state index contributed by atoms with van der Waals surface area (Å²) in [6.45, 7) is 3.82. The molecule has 160 valence electrons. The Balaban J connectivity index is 1.73. The number of anilines is 2. The number of nitrogens with one attached hydrogen (secondary N) is 2. The van der Waals surface area contributed by atoms with E-state index in [9.17, 15) is 18.0 Å². The van der Waals surface area contributed by atoms with Crippen LogP contribution in [-0.4, -0.2) is 37.1 Å². The van der Waals surface area contributed by atoms with Crippen molar-refractivity contribution in [3.8, 4) is 0 Å². The molecule has 0 bridgehead atoms. The lowest BCUT2D eigenvalue weighted by Gasteiger charge is -2.32. The SMILES string of the molecule is CC(=O)Nc1ccc(NC(=O)c2ccc(S(=O)(=O)N3CCCCC3C)cc2)c(Cl)c1. The van der Waals surface area contributed by atoms with E-state index in [1.165, 1.54) is 41.6 Å². The predicted molar refractivity (Wildman–Crippen MR) is 117 cm³/mol. The fraction of sp³-hybridized carbons (Fsp3) is 0.333. The maximum atomic E-state index is 12.9. The second-order valence-electron chi connectivity index (χ2n) is 7.31. The van der Waals surface area contributed by atoms with Gasteiger partial charge in [0.05, 0.1) is 15.6 Å². The Morgan fingerprint density at radius 3 is 2.37 bits per heavy atom. The summed E-state index contributed by atoms with van der Waals surface area (Å²) in [5, 5.41) is 5.57. The van der Waals surface area contributed by atoms with Crippen molar-refractivity contribution in [3.63, 3.8) is 0 Å². The second kappa shape index (κ2) is 9.16. The molecule has 2 amide bonds. The monoisotopic (exact) mass is 449 g/mol. The van der Waals surface area contributed by atoms with E-state index in [1.54, 1.807) is 12.1 Å². The zero-order valence-corrected chi connectivity index (χ0v) is 18.4. The van der Waals surface area contributed by atoms with E-state index in [0.29, 0.717) is 23.5 Å². The second-order valence-corrected chi connectivity index (χ2v) is 9.61. The summed E-state index contributed by atoms with van der Waals surface area (Å²) in [6, 6.07) is 10.6. The van der Waals surface area contributed by atoms with Crippen molar-refractivity contribution in [1.29, 1.82) is 0 Å². The zero-order chi connectivity index (χ0) is 21.9. The van der Waals surface area contributed by atoms with Gasteiger partial charge in [0.25, 0.3) is 5.91 Å². The van der Waals surface area contributed by atoms with Gasteiger partial charge in [-0.1, -0.05) is 18.0 Å². The van der Waals surface area contributed by atoms with Gasteiger partial charge in [-0.25, -0.2) is 8.42 Å². The van der Waals surface area contributed by atoms with Gasteiger partial charge in [0, 0.05) is 30.8 Å². The maximum Gasteiger partial charge on any atom is 0.255 e. The van der Waals surface area contributed by atoms with Crippen molar-refractivity contribution >= 4 is 44.8 Å². The van der Waals surface area contributed by atoms with E-state index in [0.717, 1.165) is 19.3 Å². The highest BCUT2D eigenvalue weighted by Gasteiger charge is 2.30. The first-order chi connectivity index (χ1) is 14.2. The average molecular weight is 450 g/mol. The summed E-state index contributed by atoms with van der Waals surface area (Å²) in [7, 11) is -3.59. The molecule has 2 aromatic rings. The molecule has 1 saturated heterocycles. The smallest absolute Gasteiger partial charge is 0.255 e. The van der Waals surface area contributed by atoms with Crippen LogP contribution in [0.2, 0.25) is 5.02 Å². The molecule has 9 heteroatoms. The number of hydrogen-bond acceptors (Lipinski definition) is 4. The Morgan fingerprint density at radius 2 is 1.77 bits per heavy atom. The number of sulfonamides is 1. The van der Waals surface area contributed by atoms with E-state index in [1.807, 2.05) is 6.92 Å². The van der Waals surface area contributed by atoms with Crippen LogP contribution < -0.4 is 10.6 Å². The molecule has 0 aromatic heterocycles. The lowest BCUT2D eigenvalue weighted by molar-refractivity contribution is -0.114. The van der Waals surface area contributed by atoms with Crippen molar-refractivity contribution in [2.45, 2.75) is 44.0 Å². The predicted octanol–water partition coefficient (Wildman–Crippen LogP) is 4.11. The largest absolute Gasteiger partial charge is 0.326 e. The molecule has 0 radical (unpaired) electrons. The molecule has 1 heterocycles. The number of carbonyl (C=O) groups excluding carboxylic acids is 2. The number of hydrogen-bond donors (Lipinski definition) is 2. The van der Waals surface area contributed by atoms with E-state index >= 15 is 0 Å². The number of benzene rings is 2. The quantitative estimate of drug-likeness (QED) is 0.717. The van der Waals surface area contributed by atoms with Crippen molar-refractivity contribution in [2.75, 3.05) is 17.2 Å². The molecule has 1 fully saturated rings. The van der Waals surface area contributed by atoms with Gasteiger partial charge in [-0.15, -0.1) is 0 Å². The number of rotatable bonds is 5. The van der Waals surface area contributed by atoms with E-state index in [4.69, 9.17) is 11.6 Å². The average Bonchev–Trinajstić information content (AvgIpc) is 2.70. The molecule has 0 aliphatic carbocycles. The van der Waals surface area contributed by atoms with Crippen LogP contribution in [0.3, 0.4) is 0 Å². The molecule has 0 spiro atoms. The van der Waals surface area contributed by atoms with Crippen molar-refractivity contribution in [3.05, 3.63) is 53.1 Å². The highest BCUT2D eigenvalue weighted by atomic mass is 35.5. The van der Waals surface area contributed by atoms with E-state index < -0.39 is 15.9 Å². The number of amides is 2. The van der Waals surface area contributed by atoms with Gasteiger partial charge in [0.2, 0.25) is 15.9 Å². The molecule has 3 rings (SSSR count). The maximum absolute atomic E-state index is 12.9. The number of halogens is 1. The standard InChI is InChI=1S/C21H24ClN3O4S/c1-14-5-3-4-12-25(14)30(28,29)18-9-6-16(7-10-18)21(27)24-20-11-8-17(13-19(20)22)23-15(2)26/h6-11,13-14H,3-5,12H2,1-2H3,(H,23,26)(H,24,27). The fourth-order valence-corrected chi connectivity index (χ4v) is 5.36. The van der Waals surface area contributed by atoms with Crippen LogP contribution in [0.15, 0.2) is 47.4 Å². The summed E-state index contributed by atoms with van der Waals surface area (Å²) in [4.78, 5) is 23.8. The molecule has 30 heavy (non-hydrogen) atoms. The van der Waals surface area contributed by atoms with Crippen molar-refractivity contribution in [2.24, 2.45) is 0 Å². The Bertz CT molecular complexity index is 1050. The minimum absolute atomic E-state index is 0.0330. The summed E-state index contributed by atoms with van der Waals surface area (Å²) in [5.74, 6) is -0.642. The van der Waals surface area contributed by atoms with Gasteiger partial charge < -0.3 is 10.6 Å². The van der Waals surface area contributed by atoms with Crippen LogP contribution in [-0.2, 0) is 14.8 Å². The lowest BCUT2D eigenvalue weighted by atomic mass is 10.1. The van der Waals surface area contributed by atoms with Crippen LogP contribution in [0, 0.1) is 0 Å². The first kappa shape index (κ1) is 22.3. The Hall–Kier alpha value is -2.42. The molecule has 1 aliphatic rings. The Morgan fingerprint density at radius 1 is 1.07 bits per heavy atom. The van der Waals surface area contributed by atoms with Gasteiger partial charge in [0.15, 0.2) is 0 Å². The number of carbonyl (C=O) groups is 2. The third-order valence-corrected chi connectivity index (χ3v) is 7.34. The van der Waals surface area contributed by atoms with Crippen LogP contribution in [0.25, 0.3) is 0 Å². The summed E-state index contributed by atoms with van der Waals surface area (Å²) >= 11 is 6.18. The Labute approximate surface area is 181 Å². The van der Waals surface area contributed by atoms with Gasteiger partial charge in [-0.2, -0.15) is 4.31 Å². The third kappa shape index (κ3) is 5.00. The first-order valence-corrected chi connectivity index (χ1v) is 11.5. The molecule has 1 atom stereocenters. The summed E-state index contributed by atoms with van der Waals surface area (Å²) < 4.78 is 27.3. The molecule has 7 nitrogen and oxygen atoms in total. The molecule has 2 N–H and O–H groups in total. The lowest BCUT2D eigenvalue weighted by Crippen LogP contribution is -2.41. The minimum Gasteiger partial charge on any atom is -0.326 e. The van der Waals surface area contributed by atoms with Gasteiger partial charge >= 0.3 is 0 Å². The van der Waals surface area contributed by atoms with Gasteiger partial charge in [0.1, 0.15) is 0 Å². The molecular weight excluding hydrogens is 426 g/mol. The van der Waals surface area contributed by atoms with Crippen molar-refractivity contribution in [1.82, 2.24) is 4.31 Å². The van der Waals surface area contributed by atoms with Crippen molar-refractivity contribution < 1.29 is 18.0 Å². The first-order valence-electron chi connectivity index (χ1n) is 9.69. The number of nitrogens with zero attached hydrogens (tertiary/aromatic N) is 1. The van der Waals surface area contributed by atoms with Crippen LogP contribution in [0.5, 0.6) is 0 Å². The molecule has 0 saturated carbocycles. The summed E-state index contributed by atoms with van der Waals surface area (Å²) in [6.07, 6.45) is 2.73. The van der Waals surface area contributed by atoms with Crippen LogP contribution >= 0.6 is 11.6 Å². The Kier molecular flexibility index (Phi) is 6.80. The van der Waals surface area contributed by atoms with E-state index in [-0.39, 0.29) is 21.9 Å². The highest BCUT2D eigenvalue weighted by molar-refractivity contribution is 7.89. The highest BCUT2D eigenvalue weighted by Crippen LogP contribution is 2.27.